The molecule has 2 aliphatic rings. The molecule has 6 nitrogen and oxygen atoms in total. The third-order valence-corrected chi connectivity index (χ3v) is 8.81. The highest BCUT2D eigenvalue weighted by molar-refractivity contribution is 7.98. The van der Waals surface area contributed by atoms with Crippen molar-refractivity contribution in [2.75, 3.05) is 44.7 Å². The van der Waals surface area contributed by atoms with E-state index < -0.39 is 16.1 Å². The van der Waals surface area contributed by atoms with Crippen LogP contribution in [0, 0.1) is 12.8 Å². The summed E-state index contributed by atoms with van der Waals surface area (Å²) in [6.45, 7) is 6.33. The monoisotopic (exact) mass is 481 g/mol. The fourth-order valence-electron chi connectivity index (χ4n) is 4.77. The SMILES string of the molecule is CSCC[C@@H](NS(=O)(=O)c1ccc(C)cc1)C(=O)N1CCCN(CC2CCCCC2)CC1. The second-order valence-electron chi connectivity index (χ2n) is 9.25. The number of carbonyl (C=O) groups excluding carboxylic acids is 1. The van der Waals surface area contributed by atoms with Gasteiger partial charge in [-0.1, -0.05) is 37.0 Å². The summed E-state index contributed by atoms with van der Waals surface area (Å²) in [5, 5.41) is 0. The number of hydrogen-bond acceptors (Lipinski definition) is 5. The Bertz CT molecular complexity index is 823. The second-order valence-corrected chi connectivity index (χ2v) is 12.0. The zero-order chi connectivity index (χ0) is 23.0. The first-order valence-electron chi connectivity index (χ1n) is 12.0. The number of hydrogen-bond donors (Lipinski definition) is 1. The number of aryl methyl sites for hydroxylation is 1. The summed E-state index contributed by atoms with van der Waals surface area (Å²) in [4.78, 5) is 18.0. The van der Waals surface area contributed by atoms with E-state index in [-0.39, 0.29) is 10.8 Å². The number of sulfonamides is 1. The van der Waals surface area contributed by atoms with Gasteiger partial charge in [-0.25, -0.2) is 8.42 Å². The smallest absolute Gasteiger partial charge is 0.241 e. The molecule has 3 rings (SSSR count). The van der Waals surface area contributed by atoms with Gasteiger partial charge in [0.15, 0.2) is 0 Å². The molecule has 1 aliphatic heterocycles. The average Bonchev–Trinajstić information content (AvgIpc) is 3.02. The minimum Gasteiger partial charge on any atom is -0.340 e. The third-order valence-electron chi connectivity index (χ3n) is 6.68. The van der Waals surface area contributed by atoms with Gasteiger partial charge in [0.1, 0.15) is 6.04 Å². The van der Waals surface area contributed by atoms with Crippen LogP contribution in [-0.2, 0) is 14.8 Å². The number of nitrogens with zero attached hydrogens (tertiary/aromatic N) is 2. The molecule has 180 valence electrons. The second kappa shape index (κ2) is 12.4. The quantitative estimate of drug-likeness (QED) is 0.585. The highest BCUT2D eigenvalue weighted by atomic mass is 32.2. The summed E-state index contributed by atoms with van der Waals surface area (Å²) < 4.78 is 28.6. The Kier molecular flexibility index (Phi) is 9.89. The molecule has 1 saturated heterocycles. The predicted molar refractivity (Wildman–Crippen MR) is 132 cm³/mol. The van der Waals surface area contributed by atoms with Gasteiger partial charge < -0.3 is 9.80 Å². The van der Waals surface area contributed by atoms with Crippen LogP contribution in [0.4, 0.5) is 0 Å². The fraction of sp³-hybridized carbons (Fsp3) is 0.708. The van der Waals surface area contributed by atoms with E-state index in [2.05, 4.69) is 9.62 Å². The van der Waals surface area contributed by atoms with Gasteiger partial charge in [-0.2, -0.15) is 16.5 Å². The van der Waals surface area contributed by atoms with Crippen molar-refractivity contribution >= 4 is 27.7 Å². The average molecular weight is 482 g/mol. The van der Waals surface area contributed by atoms with Gasteiger partial charge in [0.2, 0.25) is 15.9 Å². The molecule has 0 spiro atoms. The van der Waals surface area contributed by atoms with Crippen LogP contribution < -0.4 is 4.72 Å². The van der Waals surface area contributed by atoms with Crippen molar-refractivity contribution in [3.05, 3.63) is 29.8 Å². The predicted octanol–water partition coefficient (Wildman–Crippen LogP) is 3.51. The van der Waals surface area contributed by atoms with Crippen LogP contribution in [0.1, 0.15) is 50.5 Å². The minimum absolute atomic E-state index is 0.0887. The lowest BCUT2D eigenvalue weighted by Crippen LogP contribution is -2.49. The van der Waals surface area contributed by atoms with E-state index in [1.165, 1.54) is 32.1 Å². The Labute approximate surface area is 198 Å². The van der Waals surface area contributed by atoms with Gasteiger partial charge in [-0.3, -0.25) is 4.79 Å². The maximum Gasteiger partial charge on any atom is 0.241 e. The molecular weight excluding hydrogens is 442 g/mol. The van der Waals surface area contributed by atoms with Gasteiger partial charge >= 0.3 is 0 Å². The molecule has 1 amide bonds. The zero-order valence-corrected chi connectivity index (χ0v) is 21.2. The summed E-state index contributed by atoms with van der Waals surface area (Å²) in [5.74, 6) is 1.44. The highest BCUT2D eigenvalue weighted by Gasteiger charge is 2.30. The molecule has 0 radical (unpaired) electrons. The summed E-state index contributed by atoms with van der Waals surface area (Å²) in [5.41, 5.74) is 1.00. The van der Waals surface area contributed by atoms with Crippen LogP contribution in [0.2, 0.25) is 0 Å². The number of thioether (sulfide) groups is 1. The van der Waals surface area contributed by atoms with E-state index in [0.717, 1.165) is 43.3 Å². The molecule has 8 heteroatoms. The largest absolute Gasteiger partial charge is 0.340 e. The lowest BCUT2D eigenvalue weighted by Gasteiger charge is -2.29. The molecule has 1 N–H and O–H groups in total. The Morgan fingerprint density at radius 3 is 2.47 bits per heavy atom. The Balaban J connectivity index is 1.62. The summed E-state index contributed by atoms with van der Waals surface area (Å²) in [7, 11) is -3.75. The lowest BCUT2D eigenvalue weighted by molar-refractivity contribution is -0.132. The number of carbonyl (C=O) groups is 1. The maximum atomic E-state index is 13.4. The van der Waals surface area contributed by atoms with Crippen molar-refractivity contribution in [3.8, 4) is 0 Å². The van der Waals surface area contributed by atoms with Crippen LogP contribution in [0.3, 0.4) is 0 Å². The topological polar surface area (TPSA) is 69.7 Å². The highest BCUT2D eigenvalue weighted by Crippen LogP contribution is 2.25. The van der Waals surface area contributed by atoms with Crippen molar-refractivity contribution in [2.45, 2.75) is 62.8 Å². The van der Waals surface area contributed by atoms with E-state index in [0.29, 0.717) is 19.5 Å². The number of rotatable bonds is 9. The van der Waals surface area contributed by atoms with Gasteiger partial charge in [0.05, 0.1) is 4.90 Å². The van der Waals surface area contributed by atoms with Crippen molar-refractivity contribution in [2.24, 2.45) is 5.92 Å². The molecule has 1 heterocycles. The minimum atomic E-state index is -3.75. The third kappa shape index (κ3) is 7.47. The van der Waals surface area contributed by atoms with Gasteiger partial charge in [0.25, 0.3) is 0 Å². The molecule has 1 aliphatic carbocycles. The Hall–Kier alpha value is -1.09. The molecular formula is C24H39N3O3S2. The first-order valence-corrected chi connectivity index (χ1v) is 14.9. The maximum absolute atomic E-state index is 13.4. The van der Waals surface area contributed by atoms with E-state index in [9.17, 15) is 13.2 Å². The van der Waals surface area contributed by atoms with Crippen molar-refractivity contribution < 1.29 is 13.2 Å². The first-order chi connectivity index (χ1) is 15.4. The van der Waals surface area contributed by atoms with Crippen molar-refractivity contribution in [1.29, 1.82) is 0 Å². The van der Waals surface area contributed by atoms with Crippen LogP contribution in [0.5, 0.6) is 0 Å². The zero-order valence-electron chi connectivity index (χ0n) is 19.6. The van der Waals surface area contributed by atoms with Gasteiger partial charge in [-0.15, -0.1) is 0 Å². The molecule has 0 bridgehead atoms. The van der Waals surface area contributed by atoms with Crippen molar-refractivity contribution in [1.82, 2.24) is 14.5 Å². The molecule has 0 aromatic heterocycles. The van der Waals surface area contributed by atoms with Gasteiger partial charge in [0, 0.05) is 26.2 Å². The number of nitrogens with one attached hydrogen (secondary N) is 1. The molecule has 2 fully saturated rings. The van der Waals surface area contributed by atoms with E-state index in [4.69, 9.17) is 0 Å². The summed E-state index contributed by atoms with van der Waals surface area (Å²) >= 11 is 1.63. The number of amides is 1. The van der Waals surface area contributed by atoms with Crippen LogP contribution in [0.25, 0.3) is 0 Å². The molecule has 1 atom stereocenters. The molecule has 0 unspecified atom stereocenters. The van der Waals surface area contributed by atoms with E-state index >= 15 is 0 Å². The lowest BCUT2D eigenvalue weighted by atomic mass is 9.89. The van der Waals surface area contributed by atoms with Crippen molar-refractivity contribution in [3.63, 3.8) is 0 Å². The summed E-state index contributed by atoms with van der Waals surface area (Å²) in [6.07, 6.45) is 10.1. The fourth-order valence-corrected chi connectivity index (χ4v) is 6.47. The molecule has 32 heavy (non-hydrogen) atoms. The van der Waals surface area contributed by atoms with E-state index in [1.54, 1.807) is 36.0 Å². The van der Waals surface area contributed by atoms with Crippen LogP contribution in [-0.4, -0.2) is 74.9 Å². The Morgan fingerprint density at radius 1 is 1.06 bits per heavy atom. The normalized spacial score (nSPS) is 20.1. The van der Waals surface area contributed by atoms with Crippen LogP contribution >= 0.6 is 11.8 Å². The summed E-state index contributed by atoms with van der Waals surface area (Å²) in [6, 6.07) is 6.04. The molecule has 1 saturated carbocycles. The number of benzene rings is 1. The van der Waals surface area contributed by atoms with Crippen LogP contribution in [0.15, 0.2) is 29.2 Å². The Morgan fingerprint density at radius 2 is 1.78 bits per heavy atom. The first kappa shape index (κ1) is 25.5. The van der Waals surface area contributed by atoms with Gasteiger partial charge in [-0.05, 0) is 69.2 Å². The molecule has 1 aromatic rings. The molecule has 1 aromatic carbocycles. The standard InChI is InChI=1S/C24H39N3O3S2/c1-20-9-11-22(12-10-20)32(29,30)25-23(13-18-31-2)24(28)27-15-6-14-26(16-17-27)19-21-7-4-3-5-8-21/h9-12,21,23,25H,3-8,13-19H2,1-2H3/t23-/m1/s1. The van der Waals surface area contributed by atoms with E-state index in [1.807, 2.05) is 18.1 Å².